The highest BCUT2D eigenvalue weighted by Crippen LogP contribution is 2.43. The summed E-state index contributed by atoms with van der Waals surface area (Å²) < 4.78 is 5.09. The lowest BCUT2D eigenvalue weighted by Crippen LogP contribution is -1.95. The van der Waals surface area contributed by atoms with E-state index in [1.807, 2.05) is 17.4 Å². The number of aromatic nitrogens is 2. The number of hydrogen-bond acceptors (Lipinski definition) is 2. The van der Waals surface area contributed by atoms with Crippen LogP contribution in [0.5, 0.6) is 0 Å². The molecule has 0 radical (unpaired) electrons. The first-order valence-corrected chi connectivity index (χ1v) is 15.7. The predicted octanol–water partition coefficient (Wildman–Crippen LogP) is 11.5. The Bertz CT molecular complexity index is 2410. The van der Waals surface area contributed by atoms with E-state index in [0.29, 0.717) is 0 Å². The van der Waals surface area contributed by atoms with Crippen molar-refractivity contribution in [3.8, 4) is 39.3 Å². The summed E-state index contributed by atoms with van der Waals surface area (Å²) in [7, 11) is 0. The van der Waals surface area contributed by atoms with E-state index in [0.717, 1.165) is 33.8 Å². The smallest absolute Gasteiger partial charge is 0.0715 e. The van der Waals surface area contributed by atoms with Gasteiger partial charge in [0.05, 0.1) is 22.4 Å². The SMILES string of the molecule is c1ccc(-c2cc(-c3ccccc3)nc(-c3ccc(-n4c5ccccc5c5c6sc7ccccc7c6ccc54)cc3)c2)cc1. The lowest BCUT2D eigenvalue weighted by atomic mass is 10.00. The summed E-state index contributed by atoms with van der Waals surface area (Å²) in [5.41, 5.74) is 10.1. The zero-order valence-electron chi connectivity index (χ0n) is 23.8. The third-order valence-corrected chi connectivity index (χ3v) is 9.81. The zero-order chi connectivity index (χ0) is 29.0. The van der Waals surface area contributed by atoms with Crippen molar-refractivity contribution in [3.63, 3.8) is 0 Å². The van der Waals surface area contributed by atoms with Gasteiger partial charge in [0.2, 0.25) is 0 Å². The second-order valence-corrected chi connectivity index (χ2v) is 12.2. The minimum Gasteiger partial charge on any atom is -0.309 e. The molecule has 0 N–H and O–H groups in total. The van der Waals surface area contributed by atoms with E-state index in [9.17, 15) is 0 Å². The molecule has 0 spiro atoms. The van der Waals surface area contributed by atoms with Crippen LogP contribution in [0.15, 0.2) is 158 Å². The van der Waals surface area contributed by atoms with E-state index >= 15 is 0 Å². The van der Waals surface area contributed by atoms with Gasteiger partial charge in [0.15, 0.2) is 0 Å². The Morgan fingerprint density at radius 3 is 1.80 bits per heavy atom. The average Bonchev–Trinajstić information content (AvgIpc) is 3.65. The van der Waals surface area contributed by atoms with Gasteiger partial charge in [-0.2, -0.15) is 0 Å². The number of benzene rings is 6. The van der Waals surface area contributed by atoms with Crippen LogP contribution in [0.4, 0.5) is 0 Å². The number of rotatable bonds is 4. The molecule has 3 aromatic heterocycles. The van der Waals surface area contributed by atoms with Crippen LogP contribution in [-0.2, 0) is 0 Å². The fourth-order valence-electron chi connectivity index (χ4n) is 6.53. The first kappa shape index (κ1) is 25.0. The topological polar surface area (TPSA) is 17.8 Å². The summed E-state index contributed by atoms with van der Waals surface area (Å²) in [6, 6.07) is 56.4. The summed E-state index contributed by atoms with van der Waals surface area (Å²) in [4.78, 5) is 5.14. The summed E-state index contributed by atoms with van der Waals surface area (Å²) in [5.74, 6) is 0. The Kier molecular flexibility index (Phi) is 5.71. The van der Waals surface area contributed by atoms with Gasteiger partial charge in [0.25, 0.3) is 0 Å². The largest absolute Gasteiger partial charge is 0.309 e. The molecule has 0 unspecified atom stereocenters. The highest BCUT2D eigenvalue weighted by atomic mass is 32.1. The highest BCUT2D eigenvalue weighted by molar-refractivity contribution is 7.26. The van der Waals surface area contributed by atoms with Crippen LogP contribution < -0.4 is 0 Å². The monoisotopic (exact) mass is 578 g/mol. The summed E-state index contributed by atoms with van der Waals surface area (Å²) in [6.07, 6.45) is 0. The summed E-state index contributed by atoms with van der Waals surface area (Å²) in [5, 5.41) is 5.27. The number of thiophene rings is 1. The first-order valence-electron chi connectivity index (χ1n) is 14.9. The number of nitrogens with zero attached hydrogens (tertiary/aromatic N) is 2. The molecule has 0 atom stereocenters. The molecule has 0 aliphatic carbocycles. The van der Waals surface area contributed by atoms with Crippen LogP contribution in [0.3, 0.4) is 0 Å². The van der Waals surface area contributed by atoms with Gasteiger partial charge in [-0.05, 0) is 53.6 Å². The average molecular weight is 579 g/mol. The predicted molar refractivity (Wildman–Crippen MR) is 188 cm³/mol. The summed E-state index contributed by atoms with van der Waals surface area (Å²) in [6.45, 7) is 0. The van der Waals surface area contributed by atoms with Crippen molar-refractivity contribution in [1.82, 2.24) is 9.55 Å². The molecule has 0 aliphatic heterocycles. The Hall–Kier alpha value is -5.51. The Morgan fingerprint density at radius 2 is 1.05 bits per heavy atom. The van der Waals surface area contributed by atoms with E-state index < -0.39 is 0 Å². The Balaban J connectivity index is 1.21. The Labute approximate surface area is 259 Å². The molecule has 3 heterocycles. The van der Waals surface area contributed by atoms with Crippen molar-refractivity contribution >= 4 is 53.3 Å². The van der Waals surface area contributed by atoms with Gasteiger partial charge in [-0.3, -0.25) is 0 Å². The van der Waals surface area contributed by atoms with E-state index in [-0.39, 0.29) is 0 Å². The molecule has 0 amide bonds. The van der Waals surface area contributed by atoms with Gasteiger partial charge in [0.1, 0.15) is 0 Å². The first-order chi connectivity index (χ1) is 21.8. The molecule has 9 aromatic rings. The highest BCUT2D eigenvalue weighted by Gasteiger charge is 2.17. The van der Waals surface area contributed by atoms with Crippen LogP contribution in [0.2, 0.25) is 0 Å². The fraction of sp³-hybridized carbons (Fsp3) is 0. The minimum absolute atomic E-state index is 0.964. The molecule has 0 saturated carbocycles. The second-order valence-electron chi connectivity index (χ2n) is 11.2. The van der Waals surface area contributed by atoms with Gasteiger partial charge < -0.3 is 4.57 Å². The molecule has 3 heteroatoms. The molecule has 0 aliphatic rings. The van der Waals surface area contributed by atoms with Gasteiger partial charge in [0, 0.05) is 47.8 Å². The van der Waals surface area contributed by atoms with Crippen molar-refractivity contribution in [1.29, 1.82) is 0 Å². The Morgan fingerprint density at radius 1 is 0.432 bits per heavy atom. The molecule has 206 valence electrons. The van der Waals surface area contributed by atoms with Crippen LogP contribution in [0, 0.1) is 0 Å². The maximum Gasteiger partial charge on any atom is 0.0715 e. The van der Waals surface area contributed by atoms with Crippen molar-refractivity contribution < 1.29 is 0 Å². The van der Waals surface area contributed by atoms with Gasteiger partial charge in [-0.1, -0.05) is 115 Å². The normalized spacial score (nSPS) is 11.6. The van der Waals surface area contributed by atoms with E-state index in [4.69, 9.17) is 4.98 Å². The van der Waals surface area contributed by atoms with Gasteiger partial charge in [-0.15, -0.1) is 11.3 Å². The van der Waals surface area contributed by atoms with Crippen molar-refractivity contribution in [2.45, 2.75) is 0 Å². The molecule has 2 nitrogen and oxygen atoms in total. The molecule has 0 saturated heterocycles. The molecular weight excluding hydrogens is 553 g/mol. The van der Waals surface area contributed by atoms with Crippen LogP contribution in [-0.4, -0.2) is 9.55 Å². The third-order valence-electron chi connectivity index (χ3n) is 8.60. The van der Waals surface area contributed by atoms with Gasteiger partial charge in [-0.25, -0.2) is 4.98 Å². The number of hydrogen-bond donors (Lipinski definition) is 0. The van der Waals surface area contributed by atoms with Crippen LogP contribution in [0.25, 0.3) is 81.3 Å². The lowest BCUT2D eigenvalue weighted by Gasteiger charge is -2.12. The van der Waals surface area contributed by atoms with E-state index in [1.165, 1.54) is 47.5 Å². The minimum atomic E-state index is 0.964. The lowest BCUT2D eigenvalue weighted by molar-refractivity contribution is 1.18. The summed E-state index contributed by atoms with van der Waals surface area (Å²) >= 11 is 1.89. The second kappa shape index (κ2) is 10.0. The molecule has 0 bridgehead atoms. The quantitative estimate of drug-likeness (QED) is 0.203. The number of para-hydroxylation sites is 1. The number of fused-ring (bicyclic) bond motifs is 7. The van der Waals surface area contributed by atoms with E-state index in [2.05, 4.69) is 156 Å². The maximum absolute atomic E-state index is 5.14. The fourth-order valence-corrected chi connectivity index (χ4v) is 7.79. The number of pyridine rings is 1. The zero-order valence-corrected chi connectivity index (χ0v) is 24.6. The van der Waals surface area contributed by atoms with Crippen LogP contribution >= 0.6 is 11.3 Å². The third kappa shape index (κ3) is 3.98. The molecular formula is C41H26N2S. The molecule has 9 rings (SSSR count). The maximum atomic E-state index is 5.14. The van der Waals surface area contributed by atoms with E-state index in [1.54, 1.807) is 0 Å². The molecule has 0 fully saturated rings. The molecule has 6 aromatic carbocycles. The van der Waals surface area contributed by atoms with Gasteiger partial charge >= 0.3 is 0 Å². The standard InChI is InChI=1S/C41H26N2S/c1-3-11-27(12-4-1)30-25-35(28-13-5-2-6-14-28)42-36(26-30)29-19-21-31(22-20-29)43-37-17-9-7-16-34(37)40-38(43)24-23-33-32-15-8-10-18-39(32)44-41(33)40/h1-26H. The van der Waals surface area contributed by atoms with Crippen LogP contribution in [0.1, 0.15) is 0 Å². The molecule has 44 heavy (non-hydrogen) atoms. The van der Waals surface area contributed by atoms with Crippen molar-refractivity contribution in [3.05, 3.63) is 158 Å². The van der Waals surface area contributed by atoms with Crippen molar-refractivity contribution in [2.75, 3.05) is 0 Å². The van der Waals surface area contributed by atoms with Crippen molar-refractivity contribution in [2.24, 2.45) is 0 Å².